The van der Waals surface area contributed by atoms with Gasteiger partial charge in [0.05, 0.1) is 35.2 Å². The maximum absolute atomic E-state index is 13.1. The number of primary amides is 1. The first-order valence-electron chi connectivity index (χ1n) is 9.24. The number of nitrogens with two attached hydrogens (primary N) is 1. The Balaban J connectivity index is 1.69. The average molecular weight is 444 g/mol. The molecule has 2 amide bonds. The first kappa shape index (κ1) is 22.2. The summed E-state index contributed by atoms with van der Waals surface area (Å²) in [6.07, 6.45) is 0. The molecule has 0 bridgehead atoms. The third-order valence-electron chi connectivity index (χ3n) is 4.64. The molecule has 1 heterocycles. The smallest absolute Gasteiger partial charge is 0.340 e. The number of esters is 2. The molecule has 0 spiro atoms. The number of carbonyl (C=O) groups is 4. The first-order chi connectivity index (χ1) is 14.8. The Morgan fingerprint density at radius 3 is 2.19 bits per heavy atom. The van der Waals surface area contributed by atoms with E-state index in [1.165, 1.54) is 12.1 Å². The molecule has 3 rings (SSSR count). The first-order valence-corrected chi connectivity index (χ1v) is 10.6. The lowest BCUT2D eigenvalue weighted by Gasteiger charge is -2.44. The number of nitrogens with zero attached hydrogens (tertiary/aromatic N) is 1. The average Bonchev–Trinajstić information content (AvgIpc) is 2.76. The number of hydrogen-bond donors (Lipinski definition) is 1. The van der Waals surface area contributed by atoms with Gasteiger partial charge in [0.25, 0.3) is 5.91 Å². The van der Waals surface area contributed by atoms with Crippen molar-refractivity contribution in [3.05, 3.63) is 71.8 Å². The van der Waals surface area contributed by atoms with Crippen LogP contribution in [0.5, 0.6) is 0 Å². The molecule has 9 nitrogen and oxygen atoms in total. The molecule has 0 aromatic heterocycles. The van der Waals surface area contributed by atoms with Gasteiger partial charge < -0.3 is 20.1 Å². The lowest BCUT2D eigenvalue weighted by atomic mass is 9.97. The van der Waals surface area contributed by atoms with Crippen molar-refractivity contribution in [3.8, 4) is 0 Å². The Hall–Kier alpha value is -3.53. The van der Waals surface area contributed by atoms with Crippen LogP contribution in [0.1, 0.15) is 15.9 Å². The van der Waals surface area contributed by atoms with Crippen molar-refractivity contribution < 1.29 is 32.9 Å². The summed E-state index contributed by atoms with van der Waals surface area (Å²) in [5.41, 5.74) is 6.03. The summed E-state index contributed by atoms with van der Waals surface area (Å²) in [4.78, 5) is 49.6. The van der Waals surface area contributed by atoms with E-state index in [1.807, 2.05) is 0 Å². The molecular weight excluding hydrogens is 424 g/mol. The maximum atomic E-state index is 13.1. The van der Waals surface area contributed by atoms with Crippen molar-refractivity contribution in [2.45, 2.75) is 10.5 Å². The quantitative estimate of drug-likeness (QED) is 0.255. The summed E-state index contributed by atoms with van der Waals surface area (Å²) in [7, 11) is -1.99. The van der Waals surface area contributed by atoms with Crippen LogP contribution in [-0.2, 0) is 40.4 Å². The Morgan fingerprint density at radius 2 is 1.61 bits per heavy atom. The Labute approximate surface area is 180 Å². The highest BCUT2D eigenvalue weighted by Gasteiger charge is 2.63. The number of benzene rings is 2. The van der Waals surface area contributed by atoms with Crippen LogP contribution in [0, 0.1) is 0 Å². The Bertz CT molecular complexity index is 1010. The second-order valence-electron chi connectivity index (χ2n) is 6.78. The summed E-state index contributed by atoms with van der Waals surface area (Å²) in [5.74, 6) is -3.46. The zero-order valence-corrected chi connectivity index (χ0v) is 17.2. The van der Waals surface area contributed by atoms with Gasteiger partial charge in [0.1, 0.15) is 0 Å². The van der Waals surface area contributed by atoms with E-state index in [2.05, 4.69) is 0 Å². The molecule has 0 radical (unpaired) electrons. The van der Waals surface area contributed by atoms with Gasteiger partial charge in [-0.15, -0.1) is 0 Å². The van der Waals surface area contributed by atoms with Crippen LogP contribution in [0.3, 0.4) is 0 Å². The molecule has 2 N–H and O–H groups in total. The van der Waals surface area contributed by atoms with Crippen molar-refractivity contribution in [2.24, 2.45) is 5.73 Å². The molecule has 1 aliphatic rings. The van der Waals surface area contributed by atoms with E-state index in [1.54, 1.807) is 48.5 Å². The van der Waals surface area contributed by atoms with E-state index in [9.17, 15) is 23.4 Å². The van der Waals surface area contributed by atoms with E-state index in [0.29, 0.717) is 5.56 Å². The molecule has 1 fully saturated rings. The van der Waals surface area contributed by atoms with E-state index < -0.39 is 52.6 Å². The number of β-lactam (4-membered cyclic amide) rings is 1. The number of amides is 2. The van der Waals surface area contributed by atoms with E-state index in [0.717, 1.165) is 4.90 Å². The second kappa shape index (κ2) is 9.52. The lowest BCUT2D eigenvalue weighted by molar-refractivity contribution is -0.168. The molecule has 2 unspecified atom stereocenters. The SMILES string of the molecule is NC(=O)CN1CC(C(=O)OCOC(=O)c2ccccc2)(S(=O)Cc2ccccc2)C1=O. The van der Waals surface area contributed by atoms with Crippen LogP contribution >= 0.6 is 0 Å². The molecule has 0 saturated carbocycles. The van der Waals surface area contributed by atoms with E-state index in [4.69, 9.17) is 15.2 Å². The number of hydrogen-bond acceptors (Lipinski definition) is 7. The van der Waals surface area contributed by atoms with E-state index >= 15 is 0 Å². The molecule has 2 atom stereocenters. The highest BCUT2D eigenvalue weighted by Crippen LogP contribution is 2.32. The fourth-order valence-corrected chi connectivity index (χ4v) is 4.67. The van der Waals surface area contributed by atoms with Crippen molar-refractivity contribution >= 4 is 34.6 Å². The molecule has 1 saturated heterocycles. The minimum absolute atomic E-state index is 0.0735. The largest absolute Gasteiger partial charge is 0.426 e. The van der Waals surface area contributed by atoms with Crippen LogP contribution in [0.15, 0.2) is 60.7 Å². The maximum Gasteiger partial charge on any atom is 0.340 e. The second-order valence-corrected chi connectivity index (χ2v) is 8.45. The van der Waals surface area contributed by atoms with Crippen LogP contribution in [-0.4, -0.2) is 57.5 Å². The van der Waals surface area contributed by atoms with Crippen molar-refractivity contribution in [2.75, 3.05) is 19.9 Å². The third kappa shape index (κ3) is 4.80. The van der Waals surface area contributed by atoms with Gasteiger partial charge in [0, 0.05) is 0 Å². The molecule has 0 aliphatic carbocycles. The Morgan fingerprint density at radius 1 is 1.00 bits per heavy atom. The summed E-state index contributed by atoms with van der Waals surface area (Å²) >= 11 is 0. The zero-order chi connectivity index (χ0) is 22.4. The molecule has 10 heteroatoms. The minimum atomic E-state index is -2.00. The van der Waals surface area contributed by atoms with Gasteiger partial charge in [0.2, 0.25) is 17.4 Å². The summed E-state index contributed by atoms with van der Waals surface area (Å²) in [5, 5.41) is 0. The third-order valence-corrected chi connectivity index (χ3v) is 6.48. The number of ether oxygens (including phenoxy) is 2. The monoisotopic (exact) mass is 444 g/mol. The summed E-state index contributed by atoms with van der Waals surface area (Å²) < 4.78 is 21.0. The molecule has 2 aromatic rings. The molecular formula is C21H20N2O7S. The van der Waals surface area contributed by atoms with E-state index in [-0.39, 0.29) is 17.9 Å². The molecule has 1 aliphatic heterocycles. The predicted molar refractivity (Wildman–Crippen MR) is 110 cm³/mol. The van der Waals surface area contributed by atoms with Gasteiger partial charge in [-0.25, -0.2) is 9.59 Å². The highest BCUT2D eigenvalue weighted by molar-refractivity contribution is 7.87. The number of likely N-dealkylation sites (tertiary alicyclic amines) is 1. The number of carbonyl (C=O) groups excluding carboxylic acids is 4. The summed E-state index contributed by atoms with van der Waals surface area (Å²) in [6, 6.07) is 16.7. The van der Waals surface area contributed by atoms with Crippen LogP contribution < -0.4 is 5.73 Å². The van der Waals surface area contributed by atoms with Gasteiger partial charge in [0.15, 0.2) is 0 Å². The number of rotatable bonds is 9. The zero-order valence-electron chi connectivity index (χ0n) is 16.4. The minimum Gasteiger partial charge on any atom is -0.426 e. The molecule has 31 heavy (non-hydrogen) atoms. The highest BCUT2D eigenvalue weighted by atomic mass is 32.2. The molecule has 2 aromatic carbocycles. The van der Waals surface area contributed by atoms with Crippen molar-refractivity contribution in [3.63, 3.8) is 0 Å². The molecule has 162 valence electrons. The Kier molecular flexibility index (Phi) is 6.81. The van der Waals surface area contributed by atoms with Gasteiger partial charge in [-0.3, -0.25) is 13.8 Å². The fourth-order valence-electron chi connectivity index (χ4n) is 3.06. The van der Waals surface area contributed by atoms with Gasteiger partial charge in [-0.05, 0) is 17.7 Å². The van der Waals surface area contributed by atoms with Gasteiger partial charge >= 0.3 is 11.9 Å². The van der Waals surface area contributed by atoms with Crippen molar-refractivity contribution in [1.82, 2.24) is 4.90 Å². The topological polar surface area (TPSA) is 133 Å². The fraction of sp³-hybridized carbons (Fsp3) is 0.238. The van der Waals surface area contributed by atoms with Crippen LogP contribution in [0.2, 0.25) is 0 Å². The van der Waals surface area contributed by atoms with Crippen LogP contribution in [0.25, 0.3) is 0 Å². The van der Waals surface area contributed by atoms with Crippen LogP contribution in [0.4, 0.5) is 0 Å². The predicted octanol–water partition coefficient (Wildman–Crippen LogP) is 0.359. The van der Waals surface area contributed by atoms with Gasteiger partial charge in [-0.2, -0.15) is 0 Å². The summed E-state index contributed by atoms with van der Waals surface area (Å²) in [6.45, 7) is -1.45. The standard InChI is InChI=1S/C21H20N2O7S/c22-17(24)11-23-13-21(19(23)26,31(28)12-15-7-3-1-4-8-15)20(27)30-14-29-18(25)16-9-5-2-6-10-16/h1-10H,11-14H2,(H2,22,24). The van der Waals surface area contributed by atoms with Gasteiger partial charge in [-0.1, -0.05) is 48.5 Å². The van der Waals surface area contributed by atoms with Crippen molar-refractivity contribution in [1.29, 1.82) is 0 Å². The lowest BCUT2D eigenvalue weighted by Crippen LogP contribution is -2.73. The normalized spacial score (nSPS) is 18.6.